The van der Waals surface area contributed by atoms with E-state index in [1.54, 1.807) is 12.3 Å². The molecule has 1 saturated heterocycles. The third-order valence-corrected chi connectivity index (χ3v) is 5.07. The Balaban J connectivity index is 1.52. The normalized spacial score (nSPS) is 20.4. The maximum absolute atomic E-state index is 12.7. The summed E-state index contributed by atoms with van der Waals surface area (Å²) in [5.74, 6) is 1.60. The largest absolute Gasteiger partial charge is 0.367 e. The van der Waals surface area contributed by atoms with Crippen molar-refractivity contribution < 1.29 is 4.79 Å². The molecule has 25 heavy (non-hydrogen) atoms. The molecule has 2 fully saturated rings. The van der Waals surface area contributed by atoms with E-state index in [1.807, 2.05) is 30.0 Å². The first-order valence-electron chi connectivity index (χ1n) is 9.05. The molecule has 3 heterocycles. The summed E-state index contributed by atoms with van der Waals surface area (Å²) in [7, 11) is 0. The quantitative estimate of drug-likeness (QED) is 0.928. The maximum atomic E-state index is 12.7. The molecule has 0 spiro atoms. The predicted molar refractivity (Wildman–Crippen MR) is 95.3 cm³/mol. The van der Waals surface area contributed by atoms with Crippen LogP contribution in [0, 0.1) is 6.92 Å². The lowest BCUT2D eigenvalue weighted by atomic mass is 9.98. The molecule has 0 radical (unpaired) electrons. The van der Waals surface area contributed by atoms with E-state index >= 15 is 0 Å². The van der Waals surface area contributed by atoms with Gasteiger partial charge in [0.1, 0.15) is 17.3 Å². The molecule has 2 aliphatic rings. The van der Waals surface area contributed by atoms with Gasteiger partial charge >= 0.3 is 0 Å². The van der Waals surface area contributed by atoms with Gasteiger partial charge in [-0.15, -0.1) is 0 Å². The van der Waals surface area contributed by atoms with Crippen molar-refractivity contribution >= 4 is 11.7 Å². The first kappa shape index (κ1) is 16.0. The number of amides is 1. The van der Waals surface area contributed by atoms with Crippen molar-refractivity contribution in [1.29, 1.82) is 0 Å². The van der Waals surface area contributed by atoms with Crippen molar-refractivity contribution in [3.63, 3.8) is 0 Å². The van der Waals surface area contributed by atoms with Gasteiger partial charge in [0.05, 0.1) is 11.7 Å². The van der Waals surface area contributed by atoms with Gasteiger partial charge in [0.25, 0.3) is 5.91 Å². The first-order chi connectivity index (χ1) is 12.2. The zero-order valence-electron chi connectivity index (χ0n) is 14.5. The Labute approximate surface area is 147 Å². The predicted octanol–water partition coefficient (Wildman–Crippen LogP) is 3.12. The highest BCUT2D eigenvalue weighted by Crippen LogP contribution is 2.34. The van der Waals surface area contributed by atoms with E-state index in [9.17, 15) is 4.79 Å². The summed E-state index contributed by atoms with van der Waals surface area (Å²) >= 11 is 0. The molecule has 1 saturated carbocycles. The summed E-state index contributed by atoms with van der Waals surface area (Å²) < 4.78 is 0. The van der Waals surface area contributed by atoms with Gasteiger partial charge in [-0.3, -0.25) is 9.78 Å². The van der Waals surface area contributed by atoms with Crippen molar-refractivity contribution in [2.24, 2.45) is 0 Å². The lowest BCUT2D eigenvalue weighted by molar-refractivity contribution is 0.0444. The highest BCUT2D eigenvalue weighted by Gasteiger charge is 2.35. The molecule has 6 nitrogen and oxygen atoms in total. The molecule has 1 amide bonds. The molecule has 0 unspecified atom stereocenters. The van der Waals surface area contributed by atoms with Crippen molar-refractivity contribution in [3.05, 3.63) is 47.7 Å². The molecule has 2 aromatic rings. The van der Waals surface area contributed by atoms with Gasteiger partial charge in [0.15, 0.2) is 0 Å². The van der Waals surface area contributed by atoms with Crippen LogP contribution in [0.5, 0.6) is 0 Å². The number of carbonyl (C=O) groups excluding carboxylic acids is 1. The van der Waals surface area contributed by atoms with E-state index < -0.39 is 0 Å². The molecule has 1 atom stereocenters. The van der Waals surface area contributed by atoms with Crippen LogP contribution in [-0.4, -0.2) is 38.3 Å². The molecule has 0 aromatic carbocycles. The van der Waals surface area contributed by atoms with E-state index in [0.29, 0.717) is 11.7 Å². The third kappa shape index (κ3) is 3.34. The zero-order chi connectivity index (χ0) is 17.2. The zero-order valence-corrected chi connectivity index (χ0v) is 14.5. The second kappa shape index (κ2) is 6.78. The molecule has 1 N–H and O–H groups in total. The van der Waals surface area contributed by atoms with Crippen LogP contribution in [0.15, 0.2) is 30.5 Å². The topological polar surface area (TPSA) is 71.0 Å². The van der Waals surface area contributed by atoms with Crippen molar-refractivity contribution in [2.75, 3.05) is 11.9 Å². The van der Waals surface area contributed by atoms with E-state index in [-0.39, 0.29) is 11.9 Å². The number of likely N-dealkylation sites (tertiary alicyclic amines) is 1. The number of anilines is 1. The van der Waals surface area contributed by atoms with Gasteiger partial charge in [0.2, 0.25) is 0 Å². The number of hydrogen-bond donors (Lipinski definition) is 1. The summed E-state index contributed by atoms with van der Waals surface area (Å²) in [6.45, 7) is 2.65. The van der Waals surface area contributed by atoms with Gasteiger partial charge in [-0.05, 0) is 38.3 Å². The third-order valence-electron chi connectivity index (χ3n) is 5.07. The number of aryl methyl sites for hydroxylation is 1. The standard InChI is InChI=1S/C19H23N5O/c1-13-21-16(12-18(22-13)23-14-6-2-3-7-14)17-9-11-24(17)19(25)15-8-4-5-10-20-15/h4-5,8,10,12,14,17H,2-3,6-7,9,11H2,1H3,(H,21,22,23)/t17-/m1/s1. The summed E-state index contributed by atoms with van der Waals surface area (Å²) in [4.78, 5) is 27.8. The Morgan fingerprint density at radius 2 is 2.04 bits per heavy atom. The fourth-order valence-electron chi connectivity index (χ4n) is 3.69. The molecule has 2 aromatic heterocycles. The van der Waals surface area contributed by atoms with E-state index in [4.69, 9.17) is 0 Å². The molecule has 1 aliphatic heterocycles. The van der Waals surface area contributed by atoms with Gasteiger partial charge in [0, 0.05) is 24.8 Å². The number of nitrogens with zero attached hydrogens (tertiary/aromatic N) is 4. The van der Waals surface area contributed by atoms with Gasteiger partial charge in [-0.25, -0.2) is 9.97 Å². The van der Waals surface area contributed by atoms with Gasteiger partial charge < -0.3 is 10.2 Å². The summed E-state index contributed by atoms with van der Waals surface area (Å²) in [5.41, 5.74) is 1.41. The lowest BCUT2D eigenvalue weighted by Gasteiger charge is -2.40. The number of hydrogen-bond acceptors (Lipinski definition) is 5. The summed E-state index contributed by atoms with van der Waals surface area (Å²) in [5, 5.41) is 3.53. The molecule has 0 bridgehead atoms. The Bertz CT molecular complexity index is 758. The number of carbonyl (C=O) groups is 1. The van der Waals surface area contributed by atoms with Crippen LogP contribution in [0.3, 0.4) is 0 Å². The Morgan fingerprint density at radius 3 is 2.72 bits per heavy atom. The van der Waals surface area contributed by atoms with E-state index in [0.717, 1.165) is 30.3 Å². The van der Waals surface area contributed by atoms with Crippen LogP contribution in [0.1, 0.15) is 60.2 Å². The number of rotatable bonds is 4. The molecule has 1 aliphatic carbocycles. The number of nitrogens with one attached hydrogen (secondary N) is 1. The van der Waals surface area contributed by atoms with Gasteiger partial charge in [-0.2, -0.15) is 0 Å². The summed E-state index contributed by atoms with van der Waals surface area (Å²) in [6.07, 6.45) is 7.55. The van der Waals surface area contributed by atoms with Crippen LogP contribution < -0.4 is 5.32 Å². The minimum atomic E-state index is -0.0292. The second-order valence-electron chi connectivity index (χ2n) is 6.87. The average molecular weight is 337 g/mol. The summed E-state index contributed by atoms with van der Waals surface area (Å²) in [6, 6.07) is 7.95. The number of aromatic nitrogens is 3. The fourth-order valence-corrected chi connectivity index (χ4v) is 3.69. The smallest absolute Gasteiger partial charge is 0.273 e. The lowest BCUT2D eigenvalue weighted by Crippen LogP contribution is -2.45. The highest BCUT2D eigenvalue weighted by molar-refractivity contribution is 5.93. The maximum Gasteiger partial charge on any atom is 0.273 e. The van der Waals surface area contributed by atoms with E-state index in [1.165, 1.54) is 25.7 Å². The highest BCUT2D eigenvalue weighted by atomic mass is 16.2. The van der Waals surface area contributed by atoms with Crippen LogP contribution in [0.4, 0.5) is 5.82 Å². The van der Waals surface area contributed by atoms with Crippen LogP contribution in [0.25, 0.3) is 0 Å². The van der Waals surface area contributed by atoms with Crippen molar-refractivity contribution in [3.8, 4) is 0 Å². The van der Waals surface area contributed by atoms with E-state index in [2.05, 4.69) is 20.3 Å². The Hall–Kier alpha value is -2.50. The molecule has 6 heteroatoms. The van der Waals surface area contributed by atoms with Crippen molar-refractivity contribution in [2.45, 2.75) is 51.1 Å². The molecular formula is C19H23N5O. The molecule has 4 rings (SSSR count). The average Bonchev–Trinajstić information content (AvgIpc) is 3.07. The van der Waals surface area contributed by atoms with Crippen LogP contribution in [0.2, 0.25) is 0 Å². The Kier molecular flexibility index (Phi) is 4.34. The van der Waals surface area contributed by atoms with Crippen LogP contribution >= 0.6 is 0 Å². The van der Waals surface area contributed by atoms with Gasteiger partial charge in [-0.1, -0.05) is 18.9 Å². The number of pyridine rings is 1. The first-order valence-corrected chi connectivity index (χ1v) is 9.05. The minimum absolute atomic E-state index is 0.0142. The second-order valence-corrected chi connectivity index (χ2v) is 6.87. The van der Waals surface area contributed by atoms with Crippen LogP contribution in [-0.2, 0) is 0 Å². The monoisotopic (exact) mass is 337 g/mol. The van der Waals surface area contributed by atoms with Crippen molar-refractivity contribution in [1.82, 2.24) is 19.9 Å². The molecule has 130 valence electrons. The SMILES string of the molecule is Cc1nc(NC2CCCC2)cc([C@H]2CCN2C(=O)c2ccccn2)n1. The fraction of sp³-hybridized carbons (Fsp3) is 0.474. The Morgan fingerprint density at radius 1 is 1.20 bits per heavy atom. The molecular weight excluding hydrogens is 314 g/mol. The minimum Gasteiger partial charge on any atom is -0.367 e.